The van der Waals surface area contributed by atoms with E-state index < -0.39 is 27.7 Å². The highest BCUT2D eigenvalue weighted by atomic mass is 16.6. The summed E-state index contributed by atoms with van der Waals surface area (Å²) in [6, 6.07) is 11.7. The number of urea groups is 2. The van der Waals surface area contributed by atoms with Gasteiger partial charge in [0, 0.05) is 30.7 Å². The summed E-state index contributed by atoms with van der Waals surface area (Å²) in [6.45, 7) is 0. The molecule has 0 spiro atoms. The van der Waals surface area contributed by atoms with Crippen molar-refractivity contribution in [3.05, 3.63) is 106 Å². The molecule has 204 valence electrons. The van der Waals surface area contributed by atoms with Crippen LogP contribution in [0.1, 0.15) is 0 Å². The van der Waals surface area contributed by atoms with Gasteiger partial charge in [0.1, 0.15) is 11.5 Å². The minimum Gasteiger partial charge on any atom is -0.506 e. The summed E-state index contributed by atoms with van der Waals surface area (Å²) < 4.78 is 0. The van der Waals surface area contributed by atoms with Crippen molar-refractivity contribution in [1.82, 2.24) is 9.97 Å². The third kappa shape index (κ3) is 7.35. The number of hydrogen-bond acceptors (Lipinski definition) is 10. The van der Waals surface area contributed by atoms with Crippen LogP contribution in [0.3, 0.4) is 0 Å². The predicted octanol–water partition coefficient (Wildman–Crippen LogP) is 4.25. The van der Waals surface area contributed by atoms with E-state index in [2.05, 4.69) is 20.6 Å². The Kier molecular flexibility index (Phi) is 9.02. The van der Waals surface area contributed by atoms with Crippen molar-refractivity contribution in [2.45, 2.75) is 0 Å². The maximum absolute atomic E-state index is 11.7. The summed E-state index contributed by atoms with van der Waals surface area (Å²) >= 11 is 0. The molecular weight excluding hydrogens is 528 g/mol. The number of anilines is 4. The molecule has 0 aliphatic heterocycles. The Labute approximate surface area is 224 Å². The van der Waals surface area contributed by atoms with Gasteiger partial charge in [-0.25, -0.2) is 9.59 Å². The molecule has 0 radical (unpaired) electrons. The van der Waals surface area contributed by atoms with Gasteiger partial charge in [0.25, 0.3) is 11.4 Å². The molecule has 0 fully saturated rings. The highest BCUT2D eigenvalue weighted by Gasteiger charge is 2.20. The van der Waals surface area contributed by atoms with Crippen molar-refractivity contribution in [2.24, 2.45) is 5.73 Å². The Bertz CT molecular complexity index is 1530. The van der Waals surface area contributed by atoms with Crippen LogP contribution in [0, 0.1) is 20.2 Å². The van der Waals surface area contributed by atoms with Crippen LogP contribution in [0.15, 0.2) is 85.5 Å². The number of nitro benzene ring substituents is 2. The van der Waals surface area contributed by atoms with Gasteiger partial charge in [-0.15, -0.1) is 0 Å². The number of nitrogens with two attached hydrogens (primary N) is 1. The Morgan fingerprint density at radius 2 is 1.45 bits per heavy atom. The number of nitrogens with one attached hydrogen (secondary N) is 2. The fraction of sp³-hybridized carbons (Fsp3) is 0. The second-order valence-corrected chi connectivity index (χ2v) is 7.59. The minimum atomic E-state index is -0.833. The number of non-ortho nitro benzene ring substituents is 2. The Morgan fingerprint density at radius 1 is 0.825 bits per heavy atom. The molecule has 4 rings (SSSR count). The molecule has 6 N–H and O–H groups in total. The molecule has 0 saturated heterocycles. The lowest BCUT2D eigenvalue weighted by Crippen LogP contribution is -2.31. The topological polar surface area (TPSA) is 240 Å². The molecule has 4 amide bonds. The highest BCUT2D eigenvalue weighted by molar-refractivity contribution is 6.01. The Balaban J connectivity index is 0.000000220. The number of phenolic OH excluding ortho intramolecular Hbond substituents is 2. The summed E-state index contributed by atoms with van der Waals surface area (Å²) in [5, 5.41) is 45.5. The number of benzene rings is 2. The minimum absolute atomic E-state index is 0.0503. The van der Waals surface area contributed by atoms with E-state index in [0.29, 0.717) is 11.4 Å². The maximum Gasteiger partial charge on any atom is 0.324 e. The number of nitrogens with zero attached hydrogens (tertiary/aromatic N) is 5. The molecule has 16 heteroatoms. The molecule has 40 heavy (non-hydrogen) atoms. The average molecular weight is 548 g/mol. The monoisotopic (exact) mass is 548 g/mol. The van der Waals surface area contributed by atoms with Gasteiger partial charge in [-0.3, -0.25) is 35.1 Å². The average Bonchev–Trinajstić information content (AvgIpc) is 2.92. The van der Waals surface area contributed by atoms with E-state index in [4.69, 9.17) is 5.73 Å². The van der Waals surface area contributed by atoms with Crippen molar-refractivity contribution in [2.75, 3.05) is 15.5 Å². The molecule has 2 aromatic carbocycles. The van der Waals surface area contributed by atoms with Gasteiger partial charge in [0.2, 0.25) is 0 Å². The first-order valence-electron chi connectivity index (χ1n) is 11.0. The smallest absolute Gasteiger partial charge is 0.324 e. The van der Waals surface area contributed by atoms with E-state index in [9.17, 15) is 40.0 Å². The quantitative estimate of drug-likeness (QED) is 0.130. The van der Waals surface area contributed by atoms with Crippen LogP contribution < -0.4 is 21.3 Å². The lowest BCUT2D eigenvalue weighted by Gasteiger charge is -2.21. The van der Waals surface area contributed by atoms with Crippen LogP contribution in [-0.4, -0.2) is 42.1 Å². The van der Waals surface area contributed by atoms with Crippen LogP contribution in [0.4, 0.5) is 43.7 Å². The molecule has 16 nitrogen and oxygen atoms in total. The summed E-state index contributed by atoms with van der Waals surface area (Å²) in [7, 11) is 0. The fourth-order valence-corrected chi connectivity index (χ4v) is 3.15. The van der Waals surface area contributed by atoms with Crippen molar-refractivity contribution < 1.29 is 29.6 Å². The number of carbonyl (C=O) groups is 2. The molecule has 0 unspecified atom stereocenters. The number of aromatic nitrogens is 2. The zero-order chi connectivity index (χ0) is 29.2. The number of phenols is 2. The number of aromatic hydroxyl groups is 2. The van der Waals surface area contributed by atoms with Crippen molar-refractivity contribution in [1.29, 1.82) is 0 Å². The van der Waals surface area contributed by atoms with E-state index in [1.54, 1.807) is 18.3 Å². The molecule has 0 bridgehead atoms. The summed E-state index contributed by atoms with van der Waals surface area (Å²) in [5.74, 6) is -0.810. The predicted molar refractivity (Wildman–Crippen MR) is 142 cm³/mol. The van der Waals surface area contributed by atoms with Crippen LogP contribution in [-0.2, 0) is 0 Å². The summed E-state index contributed by atoms with van der Waals surface area (Å²) in [5.41, 5.74) is 5.72. The standard InChI is InChI=1S/2C12H10N4O4/c13-12(18)15(8-3-5-14-6-4-8)10-2-1-9(16(19)20)7-11(10)17;17-11-6-9(16(19)20)3-4-10(11)15-12(18)14-8-2-1-5-13-7-8/h1-7,17H,(H2,13,18);1-7,17H,(H2,14,15,18). The number of pyridine rings is 2. The van der Waals surface area contributed by atoms with Gasteiger partial charge in [0.15, 0.2) is 0 Å². The van der Waals surface area contributed by atoms with E-state index in [1.807, 2.05) is 0 Å². The van der Waals surface area contributed by atoms with E-state index in [1.165, 1.54) is 55.0 Å². The Morgan fingerprint density at radius 3 is 1.98 bits per heavy atom. The number of amides is 4. The number of carbonyl (C=O) groups excluding carboxylic acids is 2. The maximum atomic E-state index is 11.7. The fourth-order valence-electron chi connectivity index (χ4n) is 3.15. The summed E-state index contributed by atoms with van der Waals surface area (Å²) in [6.07, 6.45) is 5.92. The number of nitro groups is 2. The zero-order valence-corrected chi connectivity index (χ0v) is 20.2. The van der Waals surface area contributed by atoms with Gasteiger partial charge >= 0.3 is 12.1 Å². The number of primary amides is 1. The van der Waals surface area contributed by atoms with Gasteiger partial charge in [-0.05, 0) is 36.4 Å². The first-order chi connectivity index (χ1) is 19.1. The van der Waals surface area contributed by atoms with E-state index >= 15 is 0 Å². The Hall–Kier alpha value is -6.32. The van der Waals surface area contributed by atoms with Crippen LogP contribution in [0.25, 0.3) is 0 Å². The highest BCUT2D eigenvalue weighted by Crippen LogP contribution is 2.35. The third-order valence-corrected chi connectivity index (χ3v) is 4.91. The lowest BCUT2D eigenvalue weighted by molar-refractivity contribution is -0.385. The summed E-state index contributed by atoms with van der Waals surface area (Å²) in [4.78, 5) is 51.7. The van der Waals surface area contributed by atoms with Gasteiger partial charge in [-0.1, -0.05) is 0 Å². The largest absolute Gasteiger partial charge is 0.506 e. The third-order valence-electron chi connectivity index (χ3n) is 4.91. The second-order valence-electron chi connectivity index (χ2n) is 7.59. The molecule has 0 aliphatic rings. The molecule has 0 atom stereocenters. The van der Waals surface area contributed by atoms with Crippen LogP contribution >= 0.6 is 0 Å². The second kappa shape index (κ2) is 12.8. The lowest BCUT2D eigenvalue weighted by atomic mass is 10.2. The van der Waals surface area contributed by atoms with E-state index in [-0.39, 0.29) is 28.5 Å². The van der Waals surface area contributed by atoms with Crippen molar-refractivity contribution in [3.8, 4) is 11.5 Å². The number of rotatable bonds is 6. The molecule has 0 saturated carbocycles. The normalized spacial score (nSPS) is 9.90. The molecule has 0 aliphatic carbocycles. The first kappa shape index (κ1) is 28.3. The number of hydrogen-bond donors (Lipinski definition) is 5. The van der Waals surface area contributed by atoms with Gasteiger partial charge in [-0.2, -0.15) is 0 Å². The van der Waals surface area contributed by atoms with Crippen molar-refractivity contribution >= 4 is 46.2 Å². The molecule has 4 aromatic rings. The van der Waals surface area contributed by atoms with Crippen molar-refractivity contribution in [3.63, 3.8) is 0 Å². The van der Waals surface area contributed by atoms with Gasteiger partial charge < -0.3 is 26.6 Å². The van der Waals surface area contributed by atoms with Gasteiger partial charge in [0.05, 0.1) is 50.9 Å². The first-order valence-corrected chi connectivity index (χ1v) is 11.0. The molecule has 2 heterocycles. The van der Waals surface area contributed by atoms with Crippen LogP contribution in [0.5, 0.6) is 11.5 Å². The molecule has 2 aromatic heterocycles. The van der Waals surface area contributed by atoms with E-state index in [0.717, 1.165) is 17.0 Å². The zero-order valence-electron chi connectivity index (χ0n) is 20.2. The molecular formula is C24H20N8O8. The van der Waals surface area contributed by atoms with Crippen LogP contribution in [0.2, 0.25) is 0 Å². The SMILES string of the molecule is NC(=O)N(c1ccncc1)c1ccc([N+](=O)[O-])cc1O.O=C(Nc1cccnc1)Nc1ccc([N+](=O)[O-])cc1O.